The summed E-state index contributed by atoms with van der Waals surface area (Å²) in [5.41, 5.74) is 1.17. The largest absolute Gasteiger partial charge is 0.297 e. The Kier molecular flexibility index (Phi) is 3.98. The predicted octanol–water partition coefficient (Wildman–Crippen LogP) is 3.32. The zero-order chi connectivity index (χ0) is 11.5. The number of pyridine rings is 1. The highest BCUT2D eigenvalue weighted by atomic mass is 79.9. The van der Waals surface area contributed by atoms with E-state index in [0.29, 0.717) is 0 Å². The maximum Gasteiger partial charge on any atom is 0.0544 e. The fraction of sp³-hybridized carbons (Fsp3) is 0.615. The van der Waals surface area contributed by atoms with E-state index in [9.17, 15) is 0 Å². The normalized spacial score (nSPS) is 21.9. The van der Waals surface area contributed by atoms with Crippen LogP contribution < -0.4 is 0 Å². The molecule has 0 saturated carbocycles. The van der Waals surface area contributed by atoms with Crippen LogP contribution in [0.1, 0.15) is 26.0 Å². The molecule has 2 rings (SSSR count). The van der Waals surface area contributed by atoms with Crippen molar-refractivity contribution in [1.29, 1.82) is 0 Å². The van der Waals surface area contributed by atoms with E-state index in [-0.39, 0.29) is 0 Å². The van der Waals surface area contributed by atoms with Crippen LogP contribution in [0.4, 0.5) is 0 Å². The van der Waals surface area contributed by atoms with Gasteiger partial charge < -0.3 is 0 Å². The van der Waals surface area contributed by atoms with Gasteiger partial charge in [0.25, 0.3) is 0 Å². The third-order valence-electron chi connectivity index (χ3n) is 3.43. The van der Waals surface area contributed by atoms with Gasteiger partial charge in [0.15, 0.2) is 0 Å². The number of hydrogen-bond donors (Lipinski definition) is 0. The monoisotopic (exact) mass is 282 g/mol. The number of nitrogens with zero attached hydrogens (tertiary/aromatic N) is 2. The average Bonchev–Trinajstić information content (AvgIpc) is 2.70. The van der Waals surface area contributed by atoms with E-state index in [1.165, 1.54) is 25.2 Å². The Morgan fingerprint density at radius 2 is 2.31 bits per heavy atom. The van der Waals surface area contributed by atoms with Crippen LogP contribution in [0.25, 0.3) is 0 Å². The van der Waals surface area contributed by atoms with Crippen molar-refractivity contribution < 1.29 is 0 Å². The lowest BCUT2D eigenvalue weighted by atomic mass is 9.95. The molecule has 0 aliphatic carbocycles. The highest BCUT2D eigenvalue weighted by molar-refractivity contribution is 9.10. The lowest BCUT2D eigenvalue weighted by Crippen LogP contribution is -2.21. The molecule has 1 atom stereocenters. The Morgan fingerprint density at radius 1 is 1.50 bits per heavy atom. The summed E-state index contributed by atoms with van der Waals surface area (Å²) in [6.07, 6.45) is 3.22. The van der Waals surface area contributed by atoms with Crippen molar-refractivity contribution in [2.75, 3.05) is 13.1 Å². The molecule has 0 amide bonds. The molecule has 1 aliphatic heterocycles. The molecule has 2 heterocycles. The molecule has 0 radical (unpaired) electrons. The van der Waals surface area contributed by atoms with Gasteiger partial charge in [-0.25, -0.2) is 0 Å². The lowest BCUT2D eigenvalue weighted by molar-refractivity contribution is 0.294. The topological polar surface area (TPSA) is 16.1 Å². The summed E-state index contributed by atoms with van der Waals surface area (Å²) in [6.45, 7) is 8.10. The Labute approximate surface area is 106 Å². The summed E-state index contributed by atoms with van der Waals surface area (Å²) < 4.78 is 1.05. The molecule has 0 spiro atoms. The summed E-state index contributed by atoms with van der Waals surface area (Å²) >= 11 is 3.41. The lowest BCUT2D eigenvalue weighted by Gasteiger charge is -2.17. The minimum Gasteiger partial charge on any atom is -0.297 e. The molecule has 1 saturated heterocycles. The summed E-state index contributed by atoms with van der Waals surface area (Å²) in [5.74, 6) is 1.68. The maximum absolute atomic E-state index is 4.42. The molecule has 0 bridgehead atoms. The molecule has 2 nitrogen and oxygen atoms in total. The first kappa shape index (κ1) is 12.1. The molecule has 3 heteroatoms. The number of hydrogen-bond acceptors (Lipinski definition) is 2. The van der Waals surface area contributed by atoms with Crippen molar-refractivity contribution in [2.24, 2.45) is 11.8 Å². The van der Waals surface area contributed by atoms with E-state index in [1.807, 2.05) is 6.20 Å². The summed E-state index contributed by atoms with van der Waals surface area (Å²) in [5, 5.41) is 0. The van der Waals surface area contributed by atoms with Crippen LogP contribution >= 0.6 is 15.9 Å². The first-order valence-electron chi connectivity index (χ1n) is 5.98. The quantitative estimate of drug-likeness (QED) is 0.846. The Morgan fingerprint density at radius 3 is 2.88 bits per heavy atom. The van der Waals surface area contributed by atoms with Crippen LogP contribution in [-0.4, -0.2) is 23.0 Å². The molecule has 1 aromatic heterocycles. The second-order valence-electron chi connectivity index (χ2n) is 5.00. The van der Waals surface area contributed by atoms with E-state index in [1.54, 1.807) is 0 Å². The summed E-state index contributed by atoms with van der Waals surface area (Å²) in [7, 11) is 0. The van der Waals surface area contributed by atoms with Crippen LogP contribution in [-0.2, 0) is 6.54 Å². The highest BCUT2D eigenvalue weighted by Gasteiger charge is 2.24. The fourth-order valence-corrected chi connectivity index (χ4v) is 2.51. The highest BCUT2D eigenvalue weighted by Crippen LogP contribution is 2.24. The van der Waals surface area contributed by atoms with Crippen molar-refractivity contribution in [1.82, 2.24) is 9.88 Å². The number of aromatic nitrogens is 1. The van der Waals surface area contributed by atoms with Crippen molar-refractivity contribution >= 4 is 15.9 Å². The van der Waals surface area contributed by atoms with Gasteiger partial charge in [-0.1, -0.05) is 13.8 Å². The molecule has 1 aliphatic rings. The second-order valence-corrected chi connectivity index (χ2v) is 5.91. The van der Waals surface area contributed by atoms with Crippen LogP contribution in [0.3, 0.4) is 0 Å². The zero-order valence-corrected chi connectivity index (χ0v) is 11.6. The SMILES string of the molecule is CC(C)C1CCN(Cc2ccc(Br)cn2)C1. The molecule has 0 N–H and O–H groups in total. The molecule has 0 aromatic carbocycles. The third kappa shape index (κ3) is 3.05. The van der Waals surface area contributed by atoms with Crippen molar-refractivity contribution in [3.8, 4) is 0 Å². The molecular formula is C13H19BrN2. The van der Waals surface area contributed by atoms with Gasteiger partial charge in [0.05, 0.1) is 5.69 Å². The summed E-state index contributed by atoms with van der Waals surface area (Å²) in [6, 6.07) is 4.17. The van der Waals surface area contributed by atoms with Gasteiger partial charge in [0.1, 0.15) is 0 Å². The van der Waals surface area contributed by atoms with Gasteiger partial charge in [-0.3, -0.25) is 9.88 Å². The minimum absolute atomic E-state index is 0.808. The van der Waals surface area contributed by atoms with Gasteiger partial charge in [0.2, 0.25) is 0 Å². The van der Waals surface area contributed by atoms with Crippen LogP contribution in [0, 0.1) is 11.8 Å². The van der Waals surface area contributed by atoms with Crippen molar-refractivity contribution in [3.05, 3.63) is 28.5 Å². The van der Waals surface area contributed by atoms with E-state index in [0.717, 1.165) is 22.9 Å². The molecule has 1 unspecified atom stereocenters. The molecular weight excluding hydrogens is 264 g/mol. The van der Waals surface area contributed by atoms with Gasteiger partial charge >= 0.3 is 0 Å². The number of halogens is 1. The molecule has 88 valence electrons. The smallest absolute Gasteiger partial charge is 0.0544 e. The average molecular weight is 283 g/mol. The third-order valence-corrected chi connectivity index (χ3v) is 3.89. The van der Waals surface area contributed by atoms with Crippen LogP contribution in [0.2, 0.25) is 0 Å². The van der Waals surface area contributed by atoms with Crippen molar-refractivity contribution in [3.63, 3.8) is 0 Å². The first-order chi connectivity index (χ1) is 7.65. The number of rotatable bonds is 3. The molecule has 16 heavy (non-hydrogen) atoms. The van der Waals surface area contributed by atoms with E-state index < -0.39 is 0 Å². The Bertz CT molecular complexity index is 334. The van der Waals surface area contributed by atoms with Crippen molar-refractivity contribution in [2.45, 2.75) is 26.8 Å². The van der Waals surface area contributed by atoms with E-state index >= 15 is 0 Å². The second kappa shape index (κ2) is 5.28. The van der Waals surface area contributed by atoms with Crippen LogP contribution in [0.5, 0.6) is 0 Å². The van der Waals surface area contributed by atoms with Gasteiger partial charge in [0, 0.05) is 23.8 Å². The standard InChI is InChI=1S/C13H19BrN2/c1-10(2)11-5-6-16(8-11)9-13-4-3-12(14)7-15-13/h3-4,7,10-11H,5-6,8-9H2,1-2H3. The molecule has 1 aromatic rings. The van der Waals surface area contributed by atoms with E-state index in [4.69, 9.17) is 0 Å². The fourth-order valence-electron chi connectivity index (χ4n) is 2.28. The predicted molar refractivity (Wildman–Crippen MR) is 70.2 cm³/mol. The zero-order valence-electron chi connectivity index (χ0n) is 9.99. The van der Waals surface area contributed by atoms with Crippen LogP contribution in [0.15, 0.2) is 22.8 Å². The summed E-state index contributed by atoms with van der Waals surface area (Å²) in [4.78, 5) is 6.94. The van der Waals surface area contributed by atoms with Gasteiger partial charge in [-0.2, -0.15) is 0 Å². The number of likely N-dealkylation sites (tertiary alicyclic amines) is 1. The van der Waals surface area contributed by atoms with Gasteiger partial charge in [-0.05, 0) is 52.9 Å². The molecule has 1 fully saturated rings. The Hall–Kier alpha value is -0.410. The Balaban J connectivity index is 1.89. The first-order valence-corrected chi connectivity index (χ1v) is 6.77. The maximum atomic E-state index is 4.42. The van der Waals surface area contributed by atoms with Gasteiger partial charge in [-0.15, -0.1) is 0 Å². The minimum atomic E-state index is 0.808. The van der Waals surface area contributed by atoms with E-state index in [2.05, 4.69) is 51.8 Å².